The maximum Gasteiger partial charge on any atom is 0.257 e. The molecule has 1 aliphatic heterocycles. The largest absolute Gasteiger partial charge is 0.396 e. The predicted octanol–water partition coefficient (Wildman–Crippen LogP) is 3.46. The topological polar surface area (TPSA) is 49.8 Å². The zero-order valence-corrected chi connectivity index (χ0v) is 14.9. The maximum atomic E-state index is 13.1. The van der Waals surface area contributed by atoms with Gasteiger partial charge in [0.2, 0.25) is 0 Å². The van der Waals surface area contributed by atoms with Crippen molar-refractivity contribution in [3.05, 3.63) is 70.8 Å². The summed E-state index contributed by atoms with van der Waals surface area (Å²) in [6.45, 7) is 5.16. The van der Waals surface area contributed by atoms with E-state index in [0.29, 0.717) is 25.1 Å². The molecule has 0 spiro atoms. The highest BCUT2D eigenvalue weighted by atomic mass is 16.5. The molecule has 25 heavy (non-hydrogen) atoms. The van der Waals surface area contributed by atoms with Gasteiger partial charge in [0.05, 0.1) is 6.61 Å². The van der Waals surface area contributed by atoms with Gasteiger partial charge in [-0.2, -0.15) is 0 Å². The van der Waals surface area contributed by atoms with Crippen molar-refractivity contribution in [3.8, 4) is 0 Å². The van der Waals surface area contributed by atoms with Gasteiger partial charge in [-0.25, -0.2) is 0 Å². The lowest BCUT2D eigenvalue weighted by Gasteiger charge is -2.39. The normalized spacial score (nSPS) is 19.3. The number of carbonyl (C=O) groups is 1. The number of ether oxygens (including phenoxy) is 1. The Morgan fingerprint density at radius 3 is 2.52 bits per heavy atom. The van der Waals surface area contributed by atoms with Crippen molar-refractivity contribution < 1.29 is 14.6 Å². The third-order valence-corrected chi connectivity index (χ3v) is 4.65. The number of carbonyl (C=O) groups excluding carboxylic acids is 1. The van der Waals surface area contributed by atoms with Crippen molar-refractivity contribution in [2.45, 2.75) is 32.4 Å². The van der Waals surface area contributed by atoms with Gasteiger partial charge >= 0.3 is 0 Å². The number of aryl methyl sites for hydroxylation is 1. The minimum Gasteiger partial charge on any atom is -0.396 e. The van der Waals surface area contributed by atoms with Crippen LogP contribution in [0, 0.1) is 6.92 Å². The lowest BCUT2D eigenvalue weighted by Crippen LogP contribution is -2.47. The van der Waals surface area contributed by atoms with Crippen LogP contribution in [0.4, 0.5) is 0 Å². The Balaban J connectivity index is 2.18. The summed E-state index contributed by atoms with van der Waals surface area (Å²) in [4.78, 5) is 14.9. The first-order valence-corrected chi connectivity index (χ1v) is 8.88. The minimum atomic E-state index is -0.924. The highest BCUT2D eigenvalue weighted by Gasteiger charge is 2.51. The second kappa shape index (κ2) is 7.38. The molecule has 0 radical (unpaired) electrons. The maximum absolute atomic E-state index is 13.1. The Hall–Kier alpha value is -2.17. The van der Waals surface area contributed by atoms with Crippen LogP contribution in [0.2, 0.25) is 0 Å². The van der Waals surface area contributed by atoms with Crippen molar-refractivity contribution in [1.82, 2.24) is 4.90 Å². The summed E-state index contributed by atoms with van der Waals surface area (Å²) >= 11 is 0. The van der Waals surface area contributed by atoms with Crippen LogP contribution in [0.1, 0.15) is 46.8 Å². The van der Waals surface area contributed by atoms with Crippen LogP contribution >= 0.6 is 0 Å². The molecule has 2 aromatic carbocycles. The first kappa shape index (κ1) is 17.6. The average molecular weight is 339 g/mol. The van der Waals surface area contributed by atoms with Gasteiger partial charge in [-0.3, -0.25) is 4.79 Å². The van der Waals surface area contributed by atoms with Gasteiger partial charge in [0, 0.05) is 29.8 Å². The van der Waals surface area contributed by atoms with Gasteiger partial charge in [-0.1, -0.05) is 55.0 Å². The number of amides is 1. The lowest BCUT2D eigenvalue weighted by molar-refractivity contribution is -0.110. The van der Waals surface area contributed by atoms with Crippen LogP contribution in [-0.2, 0) is 10.5 Å². The summed E-state index contributed by atoms with van der Waals surface area (Å²) < 4.78 is 6.36. The summed E-state index contributed by atoms with van der Waals surface area (Å²) in [6.07, 6.45) is 1.38. The van der Waals surface area contributed by atoms with Crippen molar-refractivity contribution in [3.63, 3.8) is 0 Å². The van der Waals surface area contributed by atoms with Gasteiger partial charge < -0.3 is 14.7 Å². The van der Waals surface area contributed by atoms with E-state index in [1.54, 1.807) is 0 Å². The zero-order chi connectivity index (χ0) is 17.9. The molecule has 4 nitrogen and oxygen atoms in total. The quantitative estimate of drug-likeness (QED) is 0.786. The van der Waals surface area contributed by atoms with Crippen LogP contribution in [0.25, 0.3) is 0 Å². The Bertz CT molecular complexity index is 741. The summed E-state index contributed by atoms with van der Waals surface area (Å²) in [6, 6.07) is 15.8. The number of rotatable bonds is 7. The molecule has 1 unspecified atom stereocenters. The number of aliphatic hydroxyl groups is 1. The summed E-state index contributed by atoms with van der Waals surface area (Å²) in [5.74, 6) is 0.00187. The van der Waals surface area contributed by atoms with E-state index in [0.717, 1.165) is 23.1 Å². The summed E-state index contributed by atoms with van der Waals surface area (Å²) in [7, 11) is 0. The first-order chi connectivity index (χ1) is 12.1. The molecule has 4 heteroatoms. The van der Waals surface area contributed by atoms with Crippen LogP contribution in [-0.4, -0.2) is 35.7 Å². The van der Waals surface area contributed by atoms with E-state index >= 15 is 0 Å². The number of fused-ring (bicyclic) bond motifs is 1. The summed E-state index contributed by atoms with van der Waals surface area (Å²) in [5, 5.41) is 9.19. The molecule has 2 aromatic rings. The lowest BCUT2D eigenvalue weighted by atomic mass is 9.92. The zero-order valence-electron chi connectivity index (χ0n) is 14.9. The van der Waals surface area contributed by atoms with Crippen molar-refractivity contribution in [1.29, 1.82) is 0 Å². The van der Waals surface area contributed by atoms with Gasteiger partial charge in [0.1, 0.15) is 0 Å². The van der Waals surface area contributed by atoms with Crippen molar-refractivity contribution in [2.24, 2.45) is 0 Å². The smallest absolute Gasteiger partial charge is 0.257 e. The molecule has 132 valence electrons. The number of benzene rings is 2. The number of nitrogens with zero attached hydrogens (tertiary/aromatic N) is 1. The number of aliphatic hydroxyl groups excluding tert-OH is 1. The fourth-order valence-corrected chi connectivity index (χ4v) is 3.50. The van der Waals surface area contributed by atoms with E-state index in [2.05, 4.69) is 6.92 Å². The SMILES string of the molecule is CCCN1C(=O)c2ccccc2C1(OCCCO)c1ccc(C)cc1. The predicted molar refractivity (Wildman–Crippen MR) is 97.4 cm³/mol. The molecule has 0 fully saturated rings. The Morgan fingerprint density at radius 2 is 1.84 bits per heavy atom. The molecule has 1 atom stereocenters. The fraction of sp³-hybridized carbons (Fsp3) is 0.381. The average Bonchev–Trinajstić information content (AvgIpc) is 2.87. The van der Waals surface area contributed by atoms with Gasteiger partial charge in [0.15, 0.2) is 5.72 Å². The molecule has 1 aliphatic rings. The van der Waals surface area contributed by atoms with E-state index in [1.807, 2.05) is 60.4 Å². The molecule has 0 saturated carbocycles. The van der Waals surface area contributed by atoms with Gasteiger partial charge in [-0.15, -0.1) is 0 Å². The molecule has 0 saturated heterocycles. The number of hydrogen-bond donors (Lipinski definition) is 1. The molecule has 3 rings (SSSR count). The van der Waals surface area contributed by atoms with Crippen molar-refractivity contribution >= 4 is 5.91 Å². The van der Waals surface area contributed by atoms with Gasteiger partial charge in [0.25, 0.3) is 5.91 Å². The van der Waals surface area contributed by atoms with E-state index < -0.39 is 5.72 Å². The van der Waals surface area contributed by atoms with E-state index in [9.17, 15) is 9.90 Å². The summed E-state index contributed by atoms with van der Waals surface area (Å²) in [5.41, 5.74) is 2.76. The van der Waals surface area contributed by atoms with Crippen LogP contribution in [0.15, 0.2) is 48.5 Å². The highest BCUT2D eigenvalue weighted by Crippen LogP contribution is 2.45. The Kier molecular flexibility index (Phi) is 5.21. The number of hydrogen-bond acceptors (Lipinski definition) is 3. The van der Waals surface area contributed by atoms with Crippen LogP contribution in [0.5, 0.6) is 0 Å². The third-order valence-electron chi connectivity index (χ3n) is 4.65. The second-order valence-corrected chi connectivity index (χ2v) is 6.44. The monoisotopic (exact) mass is 339 g/mol. The van der Waals surface area contributed by atoms with E-state index in [4.69, 9.17) is 4.74 Å². The molecule has 1 N–H and O–H groups in total. The van der Waals surface area contributed by atoms with E-state index in [1.165, 1.54) is 0 Å². The first-order valence-electron chi connectivity index (χ1n) is 8.88. The molecule has 0 aliphatic carbocycles. The fourth-order valence-electron chi connectivity index (χ4n) is 3.50. The molecular formula is C21H25NO3. The minimum absolute atomic E-state index is 0.00187. The third kappa shape index (κ3) is 2.96. The Labute approximate surface area is 149 Å². The molecule has 1 amide bonds. The molecule has 0 bridgehead atoms. The van der Waals surface area contributed by atoms with Crippen LogP contribution < -0.4 is 0 Å². The highest BCUT2D eigenvalue weighted by molar-refractivity contribution is 6.00. The molecule has 1 heterocycles. The van der Waals surface area contributed by atoms with Crippen molar-refractivity contribution in [2.75, 3.05) is 19.8 Å². The van der Waals surface area contributed by atoms with Gasteiger partial charge in [-0.05, 0) is 25.8 Å². The molecule has 0 aromatic heterocycles. The van der Waals surface area contributed by atoms with Crippen LogP contribution in [0.3, 0.4) is 0 Å². The molecular weight excluding hydrogens is 314 g/mol. The Morgan fingerprint density at radius 1 is 1.12 bits per heavy atom. The van der Waals surface area contributed by atoms with E-state index in [-0.39, 0.29) is 12.5 Å². The second-order valence-electron chi connectivity index (χ2n) is 6.44. The standard InChI is InChI=1S/C21H25NO3/c1-3-13-22-20(24)18-7-4-5-8-19(18)21(22,25-15-6-14-23)17-11-9-16(2)10-12-17/h4-5,7-12,23H,3,6,13-15H2,1-2H3.